The second-order valence-corrected chi connectivity index (χ2v) is 3.87. The molecule has 3 nitrogen and oxygen atoms in total. The molecule has 1 aromatic carbocycles. The highest BCUT2D eigenvalue weighted by atomic mass is 19.2. The molecule has 0 aliphatic heterocycles. The van der Waals surface area contributed by atoms with Crippen molar-refractivity contribution in [2.45, 2.75) is 12.3 Å². The number of hydrogen-bond acceptors (Lipinski definition) is 3. The minimum Gasteiger partial charge on any atom is -0.493 e. The van der Waals surface area contributed by atoms with Gasteiger partial charge in [-0.3, -0.25) is 0 Å². The lowest BCUT2D eigenvalue weighted by atomic mass is 9.82. The fraction of sp³-hybridized carbons (Fsp3) is 0.455. The molecule has 0 fully saturated rings. The van der Waals surface area contributed by atoms with Crippen LogP contribution >= 0.6 is 0 Å². The van der Waals surface area contributed by atoms with E-state index in [9.17, 15) is 13.9 Å². The molecule has 3 N–H and O–H groups in total. The molecule has 1 unspecified atom stereocenters. The van der Waals surface area contributed by atoms with Crippen molar-refractivity contribution in [1.82, 2.24) is 0 Å². The first-order chi connectivity index (χ1) is 7.50. The van der Waals surface area contributed by atoms with E-state index in [0.717, 1.165) is 6.07 Å². The van der Waals surface area contributed by atoms with E-state index in [2.05, 4.69) is 0 Å². The Hall–Kier alpha value is -1.20. The van der Waals surface area contributed by atoms with Crippen molar-refractivity contribution in [3.05, 3.63) is 29.3 Å². The lowest BCUT2D eigenvalue weighted by Crippen LogP contribution is -2.36. The molecular weight excluding hydrogens is 216 g/mol. The van der Waals surface area contributed by atoms with Crippen LogP contribution in [0.25, 0.3) is 0 Å². The first-order valence-electron chi connectivity index (χ1n) is 4.83. The zero-order valence-corrected chi connectivity index (χ0v) is 9.26. The minimum atomic E-state index is -1.06. The summed E-state index contributed by atoms with van der Waals surface area (Å²) in [5, 5.41) is 9.27. The number of aliphatic hydroxyl groups is 1. The number of rotatable bonds is 4. The lowest BCUT2D eigenvalue weighted by molar-refractivity contribution is 0.205. The molecule has 0 heterocycles. The Morgan fingerprint density at radius 3 is 2.50 bits per heavy atom. The highest BCUT2D eigenvalue weighted by molar-refractivity contribution is 5.41. The van der Waals surface area contributed by atoms with Gasteiger partial charge in [0.1, 0.15) is 0 Å². The van der Waals surface area contributed by atoms with Crippen molar-refractivity contribution in [2.75, 3.05) is 20.3 Å². The maximum atomic E-state index is 13.4. The predicted molar refractivity (Wildman–Crippen MR) is 56.4 cm³/mol. The van der Waals surface area contributed by atoms with E-state index >= 15 is 0 Å². The van der Waals surface area contributed by atoms with Gasteiger partial charge in [0, 0.05) is 17.5 Å². The summed E-state index contributed by atoms with van der Waals surface area (Å²) >= 11 is 0. The molecule has 90 valence electrons. The highest BCUT2D eigenvalue weighted by Gasteiger charge is 2.30. The maximum Gasteiger partial charge on any atom is 0.200 e. The van der Waals surface area contributed by atoms with Crippen LogP contribution in [0.15, 0.2) is 12.1 Å². The van der Waals surface area contributed by atoms with Crippen molar-refractivity contribution in [3.8, 4) is 5.75 Å². The Labute approximate surface area is 92.8 Å². The quantitative estimate of drug-likeness (QED) is 0.818. The van der Waals surface area contributed by atoms with Crippen LogP contribution in [0.4, 0.5) is 8.78 Å². The average molecular weight is 231 g/mol. The molecule has 0 aliphatic rings. The fourth-order valence-electron chi connectivity index (χ4n) is 1.47. The minimum absolute atomic E-state index is 0.102. The molecule has 0 radical (unpaired) electrons. The predicted octanol–water partition coefficient (Wildman–Crippen LogP) is 1.18. The number of methoxy groups -OCH3 is 1. The van der Waals surface area contributed by atoms with Crippen LogP contribution in [-0.2, 0) is 5.41 Å². The summed E-state index contributed by atoms with van der Waals surface area (Å²) < 4.78 is 31.3. The number of hydrogen-bond donors (Lipinski definition) is 2. The first-order valence-corrected chi connectivity index (χ1v) is 4.83. The number of ether oxygens (including phenoxy) is 1. The number of benzene rings is 1. The van der Waals surface area contributed by atoms with E-state index in [4.69, 9.17) is 10.5 Å². The van der Waals surface area contributed by atoms with Crippen molar-refractivity contribution < 1.29 is 18.6 Å². The van der Waals surface area contributed by atoms with Crippen molar-refractivity contribution in [3.63, 3.8) is 0 Å². The molecule has 0 amide bonds. The molecule has 0 spiro atoms. The van der Waals surface area contributed by atoms with E-state index in [1.54, 1.807) is 6.92 Å². The summed E-state index contributed by atoms with van der Waals surface area (Å²) in [6.07, 6.45) is 0. The molecule has 0 bridgehead atoms. The summed E-state index contributed by atoms with van der Waals surface area (Å²) in [7, 11) is 1.25. The summed E-state index contributed by atoms with van der Waals surface area (Å²) in [6, 6.07) is 2.37. The lowest BCUT2D eigenvalue weighted by Gasteiger charge is -2.27. The van der Waals surface area contributed by atoms with E-state index in [0.29, 0.717) is 5.56 Å². The molecule has 0 aromatic heterocycles. The first kappa shape index (κ1) is 12.9. The van der Waals surface area contributed by atoms with Gasteiger partial charge in [0.2, 0.25) is 5.82 Å². The summed E-state index contributed by atoms with van der Waals surface area (Å²) in [4.78, 5) is 0. The van der Waals surface area contributed by atoms with Crippen LogP contribution in [0.5, 0.6) is 5.75 Å². The Morgan fingerprint density at radius 2 is 2.06 bits per heavy atom. The van der Waals surface area contributed by atoms with Crippen LogP contribution in [0.2, 0.25) is 0 Å². The van der Waals surface area contributed by atoms with E-state index in [1.165, 1.54) is 13.2 Å². The van der Waals surface area contributed by atoms with Gasteiger partial charge in [0.25, 0.3) is 0 Å². The Morgan fingerprint density at radius 1 is 1.44 bits per heavy atom. The van der Waals surface area contributed by atoms with Gasteiger partial charge in [-0.25, -0.2) is 4.39 Å². The SMILES string of the molecule is COc1c(C(C)(CN)CO)ccc(F)c1F. The van der Waals surface area contributed by atoms with Crippen LogP contribution in [0.1, 0.15) is 12.5 Å². The van der Waals surface area contributed by atoms with Crippen LogP contribution in [0, 0.1) is 11.6 Å². The molecule has 5 heteroatoms. The summed E-state index contributed by atoms with van der Waals surface area (Å²) in [6.45, 7) is 1.48. The molecule has 1 aromatic rings. The van der Waals surface area contributed by atoms with Crippen LogP contribution < -0.4 is 10.5 Å². The smallest absolute Gasteiger partial charge is 0.200 e. The second kappa shape index (κ2) is 4.76. The number of aliphatic hydroxyl groups excluding tert-OH is 1. The zero-order valence-electron chi connectivity index (χ0n) is 9.26. The average Bonchev–Trinajstić information content (AvgIpc) is 2.31. The molecule has 16 heavy (non-hydrogen) atoms. The molecule has 1 atom stereocenters. The Balaban J connectivity index is 3.39. The van der Waals surface area contributed by atoms with E-state index in [1.807, 2.05) is 0 Å². The molecule has 0 saturated heterocycles. The molecular formula is C11H15F2NO2. The monoisotopic (exact) mass is 231 g/mol. The van der Waals surface area contributed by atoms with Crippen LogP contribution in [-0.4, -0.2) is 25.4 Å². The Kier molecular flexibility index (Phi) is 3.83. The third kappa shape index (κ3) is 2.01. The topological polar surface area (TPSA) is 55.5 Å². The van der Waals surface area contributed by atoms with Gasteiger partial charge in [-0.15, -0.1) is 0 Å². The van der Waals surface area contributed by atoms with Gasteiger partial charge in [-0.05, 0) is 6.07 Å². The highest BCUT2D eigenvalue weighted by Crippen LogP contribution is 2.34. The van der Waals surface area contributed by atoms with Gasteiger partial charge in [0.15, 0.2) is 11.6 Å². The van der Waals surface area contributed by atoms with Crippen molar-refractivity contribution in [2.24, 2.45) is 5.73 Å². The molecule has 0 saturated carbocycles. The van der Waals surface area contributed by atoms with E-state index in [-0.39, 0.29) is 18.9 Å². The number of halogens is 2. The van der Waals surface area contributed by atoms with Crippen molar-refractivity contribution in [1.29, 1.82) is 0 Å². The van der Waals surface area contributed by atoms with Crippen LogP contribution in [0.3, 0.4) is 0 Å². The zero-order chi connectivity index (χ0) is 12.3. The van der Waals surface area contributed by atoms with Gasteiger partial charge in [-0.1, -0.05) is 13.0 Å². The Bertz CT molecular complexity index is 378. The molecule has 1 rings (SSSR count). The fourth-order valence-corrected chi connectivity index (χ4v) is 1.47. The van der Waals surface area contributed by atoms with Gasteiger partial charge in [-0.2, -0.15) is 4.39 Å². The third-order valence-electron chi connectivity index (χ3n) is 2.70. The normalized spacial score (nSPS) is 14.6. The van der Waals surface area contributed by atoms with E-state index < -0.39 is 17.0 Å². The number of nitrogens with two attached hydrogens (primary N) is 1. The maximum absolute atomic E-state index is 13.4. The largest absolute Gasteiger partial charge is 0.493 e. The standard InChI is InChI=1S/C11H15F2NO2/c1-11(5-14,6-15)7-3-4-8(12)9(13)10(7)16-2/h3-4,15H,5-6,14H2,1-2H3. The van der Waals surface area contributed by atoms with Gasteiger partial charge >= 0.3 is 0 Å². The molecule has 0 aliphatic carbocycles. The second-order valence-electron chi connectivity index (χ2n) is 3.87. The van der Waals surface area contributed by atoms with Gasteiger partial charge in [0.05, 0.1) is 13.7 Å². The third-order valence-corrected chi connectivity index (χ3v) is 2.70. The van der Waals surface area contributed by atoms with Crippen molar-refractivity contribution >= 4 is 0 Å². The summed E-state index contributed by atoms with van der Waals surface area (Å²) in [5.41, 5.74) is 5.04. The summed E-state index contributed by atoms with van der Waals surface area (Å²) in [5.74, 6) is -2.26. The van der Waals surface area contributed by atoms with Gasteiger partial charge < -0.3 is 15.6 Å².